The molecule has 0 spiro atoms. The molecule has 1 aromatic carbocycles. The molecule has 2 N–H and O–H groups in total. The highest BCUT2D eigenvalue weighted by molar-refractivity contribution is 5.48. The van der Waals surface area contributed by atoms with Gasteiger partial charge in [0.25, 0.3) is 6.01 Å². The van der Waals surface area contributed by atoms with Crippen LogP contribution in [0.3, 0.4) is 0 Å². The second kappa shape index (κ2) is 5.50. The molecular formula is C14H17FN4O. The van der Waals surface area contributed by atoms with E-state index in [-0.39, 0.29) is 5.82 Å². The Balaban J connectivity index is 1.63. The smallest absolute Gasteiger partial charge is 0.297 e. The fourth-order valence-electron chi connectivity index (χ4n) is 2.34. The lowest BCUT2D eigenvalue weighted by molar-refractivity contribution is 0.516. The molecular weight excluding hydrogens is 259 g/mol. The van der Waals surface area contributed by atoms with Gasteiger partial charge in [0, 0.05) is 38.4 Å². The Morgan fingerprint density at radius 2 is 1.75 bits per heavy atom. The van der Waals surface area contributed by atoms with Crippen molar-refractivity contribution in [2.24, 2.45) is 5.73 Å². The maximum Gasteiger partial charge on any atom is 0.297 e. The molecule has 5 nitrogen and oxygen atoms in total. The van der Waals surface area contributed by atoms with Crippen molar-refractivity contribution in [3.63, 3.8) is 0 Å². The Kier molecular flexibility index (Phi) is 3.56. The quantitative estimate of drug-likeness (QED) is 0.922. The largest absolute Gasteiger partial charge is 0.432 e. The Morgan fingerprint density at radius 1 is 1.10 bits per heavy atom. The number of piperazine rings is 1. The van der Waals surface area contributed by atoms with E-state index in [1.807, 2.05) is 12.1 Å². The van der Waals surface area contributed by atoms with E-state index in [1.165, 1.54) is 12.1 Å². The van der Waals surface area contributed by atoms with Gasteiger partial charge in [-0.05, 0) is 24.3 Å². The van der Waals surface area contributed by atoms with Crippen molar-refractivity contribution in [1.29, 1.82) is 0 Å². The maximum absolute atomic E-state index is 12.9. The highest BCUT2D eigenvalue weighted by Gasteiger charge is 2.20. The van der Waals surface area contributed by atoms with Crippen LogP contribution in [-0.2, 0) is 6.54 Å². The van der Waals surface area contributed by atoms with Gasteiger partial charge in [-0.2, -0.15) is 4.98 Å². The standard InChI is InChI=1S/C14H17FN4O/c15-11-1-3-13(4-2-11)18-5-7-19(8-6-18)14-17-12(9-16)10-20-14/h1-4,10H,5-9,16H2. The molecule has 0 bridgehead atoms. The SMILES string of the molecule is NCc1coc(N2CCN(c3ccc(F)cc3)CC2)n1. The second-order valence-electron chi connectivity index (χ2n) is 4.78. The summed E-state index contributed by atoms with van der Waals surface area (Å²) in [6.45, 7) is 3.74. The normalized spacial score (nSPS) is 15.7. The first-order chi connectivity index (χ1) is 9.76. The number of anilines is 2. The Bertz CT molecular complexity index is 561. The summed E-state index contributed by atoms with van der Waals surface area (Å²) in [5, 5.41) is 0. The van der Waals surface area contributed by atoms with Crippen molar-refractivity contribution in [3.8, 4) is 0 Å². The zero-order chi connectivity index (χ0) is 13.9. The van der Waals surface area contributed by atoms with Crippen LogP contribution in [0.15, 0.2) is 34.9 Å². The van der Waals surface area contributed by atoms with Crippen LogP contribution in [-0.4, -0.2) is 31.2 Å². The van der Waals surface area contributed by atoms with Gasteiger partial charge in [0.15, 0.2) is 0 Å². The van der Waals surface area contributed by atoms with Crippen molar-refractivity contribution in [3.05, 3.63) is 42.0 Å². The van der Waals surface area contributed by atoms with Gasteiger partial charge in [-0.25, -0.2) is 4.39 Å². The molecule has 0 saturated carbocycles. The maximum atomic E-state index is 12.9. The lowest BCUT2D eigenvalue weighted by atomic mass is 10.2. The van der Waals surface area contributed by atoms with Crippen molar-refractivity contribution in [2.45, 2.75) is 6.54 Å². The second-order valence-corrected chi connectivity index (χ2v) is 4.78. The molecule has 0 aliphatic carbocycles. The minimum atomic E-state index is -0.207. The Morgan fingerprint density at radius 3 is 2.35 bits per heavy atom. The van der Waals surface area contributed by atoms with Crippen LogP contribution in [0.4, 0.5) is 16.1 Å². The molecule has 0 unspecified atom stereocenters. The molecule has 2 heterocycles. The summed E-state index contributed by atoms with van der Waals surface area (Å²) in [6.07, 6.45) is 1.60. The van der Waals surface area contributed by atoms with E-state index in [0.717, 1.165) is 37.6 Å². The topological polar surface area (TPSA) is 58.5 Å². The van der Waals surface area contributed by atoms with Crippen LogP contribution >= 0.6 is 0 Å². The minimum Gasteiger partial charge on any atom is -0.432 e. The van der Waals surface area contributed by atoms with E-state index in [2.05, 4.69) is 14.8 Å². The first kappa shape index (κ1) is 12.9. The zero-order valence-electron chi connectivity index (χ0n) is 11.1. The number of halogens is 1. The predicted octanol–water partition coefficient (Wildman–Crippen LogP) is 1.60. The number of rotatable bonds is 3. The summed E-state index contributed by atoms with van der Waals surface area (Å²) in [4.78, 5) is 8.65. The third-order valence-electron chi connectivity index (χ3n) is 3.49. The minimum absolute atomic E-state index is 0.207. The van der Waals surface area contributed by atoms with E-state index in [0.29, 0.717) is 12.6 Å². The highest BCUT2D eigenvalue weighted by atomic mass is 19.1. The number of nitrogens with zero attached hydrogens (tertiary/aromatic N) is 3. The summed E-state index contributed by atoms with van der Waals surface area (Å²) in [6, 6.07) is 7.22. The number of oxazole rings is 1. The molecule has 3 rings (SSSR count). The highest BCUT2D eigenvalue weighted by Crippen LogP contribution is 2.20. The summed E-state index contributed by atoms with van der Waals surface area (Å²) < 4.78 is 18.3. The van der Waals surface area contributed by atoms with Gasteiger partial charge in [0.05, 0.1) is 5.69 Å². The number of benzene rings is 1. The monoisotopic (exact) mass is 276 g/mol. The zero-order valence-corrected chi connectivity index (χ0v) is 11.1. The Labute approximate surface area is 116 Å². The number of hydrogen-bond donors (Lipinski definition) is 1. The lowest BCUT2D eigenvalue weighted by Crippen LogP contribution is -2.46. The summed E-state index contributed by atoms with van der Waals surface area (Å²) in [5.41, 5.74) is 7.33. The molecule has 1 fully saturated rings. The van der Waals surface area contributed by atoms with Crippen molar-refractivity contribution in [1.82, 2.24) is 4.98 Å². The van der Waals surface area contributed by atoms with Crippen LogP contribution in [0, 0.1) is 5.82 Å². The van der Waals surface area contributed by atoms with Crippen LogP contribution in [0.5, 0.6) is 0 Å². The Hall–Kier alpha value is -2.08. The number of aromatic nitrogens is 1. The number of hydrogen-bond acceptors (Lipinski definition) is 5. The fraction of sp³-hybridized carbons (Fsp3) is 0.357. The molecule has 1 aromatic heterocycles. The third kappa shape index (κ3) is 2.60. The van der Waals surface area contributed by atoms with Crippen LogP contribution < -0.4 is 15.5 Å². The first-order valence-electron chi connectivity index (χ1n) is 6.66. The molecule has 1 aliphatic heterocycles. The van der Waals surface area contributed by atoms with Gasteiger partial charge >= 0.3 is 0 Å². The molecule has 0 radical (unpaired) electrons. The third-order valence-corrected chi connectivity index (χ3v) is 3.49. The average Bonchev–Trinajstić information content (AvgIpc) is 2.97. The molecule has 6 heteroatoms. The number of nitrogens with two attached hydrogens (primary N) is 1. The molecule has 0 atom stereocenters. The van der Waals surface area contributed by atoms with Gasteiger partial charge < -0.3 is 20.0 Å². The van der Waals surface area contributed by atoms with Crippen LogP contribution in [0.1, 0.15) is 5.69 Å². The molecule has 106 valence electrons. The van der Waals surface area contributed by atoms with Crippen LogP contribution in [0.2, 0.25) is 0 Å². The van der Waals surface area contributed by atoms with Crippen LogP contribution in [0.25, 0.3) is 0 Å². The molecule has 1 aliphatic rings. The van der Waals surface area contributed by atoms with Gasteiger partial charge in [-0.1, -0.05) is 0 Å². The summed E-state index contributed by atoms with van der Waals surface area (Å²) in [7, 11) is 0. The van der Waals surface area contributed by atoms with E-state index in [1.54, 1.807) is 6.26 Å². The average molecular weight is 276 g/mol. The molecule has 0 amide bonds. The van der Waals surface area contributed by atoms with Gasteiger partial charge in [-0.15, -0.1) is 0 Å². The van der Waals surface area contributed by atoms with E-state index in [9.17, 15) is 4.39 Å². The molecule has 2 aromatic rings. The summed E-state index contributed by atoms with van der Waals surface area (Å²) in [5.74, 6) is -0.207. The van der Waals surface area contributed by atoms with Gasteiger partial charge in [-0.3, -0.25) is 0 Å². The van der Waals surface area contributed by atoms with Crippen molar-refractivity contribution >= 4 is 11.7 Å². The molecule has 1 saturated heterocycles. The first-order valence-corrected chi connectivity index (χ1v) is 6.66. The predicted molar refractivity (Wildman–Crippen MR) is 75.2 cm³/mol. The van der Waals surface area contributed by atoms with E-state index in [4.69, 9.17) is 10.2 Å². The van der Waals surface area contributed by atoms with Crippen molar-refractivity contribution in [2.75, 3.05) is 36.0 Å². The van der Waals surface area contributed by atoms with Gasteiger partial charge in [0.2, 0.25) is 0 Å². The van der Waals surface area contributed by atoms with Crippen molar-refractivity contribution < 1.29 is 8.81 Å². The summed E-state index contributed by atoms with van der Waals surface area (Å²) >= 11 is 0. The van der Waals surface area contributed by atoms with E-state index < -0.39 is 0 Å². The van der Waals surface area contributed by atoms with Gasteiger partial charge in [0.1, 0.15) is 12.1 Å². The lowest BCUT2D eigenvalue weighted by Gasteiger charge is -2.35. The van der Waals surface area contributed by atoms with E-state index >= 15 is 0 Å². The molecule has 20 heavy (non-hydrogen) atoms. The fourth-order valence-corrected chi connectivity index (χ4v) is 2.34.